The lowest BCUT2D eigenvalue weighted by Gasteiger charge is -2.11. The second kappa shape index (κ2) is 8.52. The van der Waals surface area contributed by atoms with Gasteiger partial charge in [0.2, 0.25) is 0 Å². The van der Waals surface area contributed by atoms with E-state index in [2.05, 4.69) is 10.0 Å². The first kappa shape index (κ1) is 21.3. The van der Waals surface area contributed by atoms with Crippen LogP contribution in [0.25, 0.3) is 0 Å². The highest BCUT2D eigenvalue weighted by atomic mass is 35.5. The summed E-state index contributed by atoms with van der Waals surface area (Å²) in [6.45, 7) is 1.53. The van der Waals surface area contributed by atoms with E-state index in [9.17, 15) is 23.3 Å². The number of anilines is 2. The van der Waals surface area contributed by atoms with Crippen LogP contribution < -0.4 is 10.0 Å². The number of hydrogen-bond acceptors (Lipinski definition) is 5. The second-order valence-corrected chi connectivity index (χ2v) is 8.47. The van der Waals surface area contributed by atoms with Gasteiger partial charge in [0.1, 0.15) is 0 Å². The van der Waals surface area contributed by atoms with E-state index in [1.807, 2.05) is 0 Å². The fourth-order valence-corrected chi connectivity index (χ4v) is 3.91. The Bertz CT molecular complexity index is 1230. The number of hydrogen-bond donors (Lipinski definition) is 2. The number of benzene rings is 3. The molecular formula is C20H16ClN3O5S. The fourth-order valence-electron chi connectivity index (χ4n) is 2.68. The number of carbonyl (C=O) groups is 1. The summed E-state index contributed by atoms with van der Waals surface area (Å²) < 4.78 is 27.7. The van der Waals surface area contributed by atoms with Gasteiger partial charge in [0.05, 0.1) is 9.82 Å². The molecule has 1 amide bonds. The monoisotopic (exact) mass is 445 g/mol. The maximum atomic E-state index is 12.6. The number of amides is 1. The molecule has 2 N–H and O–H groups in total. The molecule has 0 aliphatic heterocycles. The molecule has 0 bridgehead atoms. The minimum absolute atomic E-state index is 0.0462. The van der Waals surface area contributed by atoms with Crippen LogP contribution >= 0.6 is 11.6 Å². The molecule has 0 aromatic heterocycles. The van der Waals surface area contributed by atoms with Crippen LogP contribution in [0.3, 0.4) is 0 Å². The number of nitro benzene ring substituents is 1. The van der Waals surface area contributed by atoms with Crippen LogP contribution in [-0.4, -0.2) is 19.2 Å². The van der Waals surface area contributed by atoms with Crippen molar-refractivity contribution in [1.82, 2.24) is 0 Å². The van der Waals surface area contributed by atoms with Crippen LogP contribution in [0.1, 0.15) is 15.9 Å². The van der Waals surface area contributed by atoms with Crippen molar-refractivity contribution in [2.24, 2.45) is 0 Å². The lowest BCUT2D eigenvalue weighted by Crippen LogP contribution is -2.15. The Balaban J connectivity index is 1.79. The zero-order valence-corrected chi connectivity index (χ0v) is 17.2. The predicted octanol–water partition coefficient (Wildman–Crippen LogP) is 4.61. The van der Waals surface area contributed by atoms with Gasteiger partial charge in [-0.2, -0.15) is 0 Å². The van der Waals surface area contributed by atoms with Crippen LogP contribution in [0.15, 0.2) is 71.6 Å². The highest BCUT2D eigenvalue weighted by Crippen LogP contribution is 2.22. The minimum atomic E-state index is -3.89. The predicted molar refractivity (Wildman–Crippen MR) is 114 cm³/mol. The van der Waals surface area contributed by atoms with E-state index < -0.39 is 20.9 Å². The van der Waals surface area contributed by atoms with Gasteiger partial charge < -0.3 is 5.32 Å². The molecule has 0 atom stereocenters. The third kappa shape index (κ3) is 4.94. The quantitative estimate of drug-likeness (QED) is 0.424. The molecule has 0 radical (unpaired) electrons. The van der Waals surface area contributed by atoms with E-state index in [1.54, 1.807) is 12.1 Å². The molecule has 0 fully saturated rings. The second-order valence-electron chi connectivity index (χ2n) is 6.35. The van der Waals surface area contributed by atoms with Crippen molar-refractivity contribution < 1.29 is 18.1 Å². The molecule has 10 heteroatoms. The third-order valence-electron chi connectivity index (χ3n) is 4.15. The number of rotatable bonds is 6. The molecule has 0 spiro atoms. The first-order valence-electron chi connectivity index (χ1n) is 8.60. The summed E-state index contributed by atoms with van der Waals surface area (Å²) >= 11 is 5.80. The van der Waals surface area contributed by atoms with E-state index in [0.717, 1.165) is 0 Å². The number of nitrogens with one attached hydrogen (secondary N) is 2. The fraction of sp³-hybridized carbons (Fsp3) is 0.0500. The van der Waals surface area contributed by atoms with Crippen LogP contribution in [0.5, 0.6) is 0 Å². The highest BCUT2D eigenvalue weighted by Gasteiger charge is 2.17. The van der Waals surface area contributed by atoms with Gasteiger partial charge in [-0.05, 0) is 61.5 Å². The Morgan fingerprint density at radius 1 is 1.00 bits per heavy atom. The summed E-state index contributed by atoms with van der Waals surface area (Å²) in [5, 5.41) is 14.0. The van der Waals surface area contributed by atoms with E-state index in [-0.39, 0.29) is 21.8 Å². The van der Waals surface area contributed by atoms with Crippen molar-refractivity contribution in [2.75, 3.05) is 10.0 Å². The number of sulfonamides is 1. The zero-order chi connectivity index (χ0) is 21.9. The van der Waals surface area contributed by atoms with E-state index in [0.29, 0.717) is 16.3 Å². The average Bonchev–Trinajstić information content (AvgIpc) is 2.69. The molecular weight excluding hydrogens is 430 g/mol. The normalized spacial score (nSPS) is 11.0. The molecule has 0 heterocycles. The van der Waals surface area contributed by atoms with Gasteiger partial charge in [0.15, 0.2) is 0 Å². The van der Waals surface area contributed by atoms with Crippen molar-refractivity contribution in [1.29, 1.82) is 0 Å². The molecule has 0 aliphatic rings. The molecule has 3 aromatic carbocycles. The lowest BCUT2D eigenvalue weighted by molar-refractivity contribution is -0.385. The molecule has 3 aromatic rings. The van der Waals surface area contributed by atoms with Crippen molar-refractivity contribution in [3.8, 4) is 0 Å². The molecule has 154 valence electrons. The Kier molecular flexibility index (Phi) is 6.04. The van der Waals surface area contributed by atoms with Crippen LogP contribution in [0.2, 0.25) is 5.02 Å². The summed E-state index contributed by atoms with van der Waals surface area (Å²) in [5.41, 5.74) is 1.07. The summed E-state index contributed by atoms with van der Waals surface area (Å²) in [6.07, 6.45) is 0. The largest absolute Gasteiger partial charge is 0.322 e. The number of nitrogens with zero attached hydrogens (tertiary/aromatic N) is 1. The van der Waals surface area contributed by atoms with Gasteiger partial charge in [-0.25, -0.2) is 8.42 Å². The summed E-state index contributed by atoms with van der Waals surface area (Å²) in [7, 11) is -3.89. The van der Waals surface area contributed by atoms with Crippen LogP contribution in [-0.2, 0) is 10.0 Å². The third-order valence-corrected chi connectivity index (χ3v) is 5.79. The van der Waals surface area contributed by atoms with Crippen molar-refractivity contribution in [3.63, 3.8) is 0 Å². The zero-order valence-electron chi connectivity index (χ0n) is 15.6. The summed E-state index contributed by atoms with van der Waals surface area (Å²) in [6, 6.07) is 15.9. The molecule has 0 aliphatic carbocycles. The van der Waals surface area contributed by atoms with Crippen molar-refractivity contribution in [3.05, 3.63) is 93.0 Å². The SMILES string of the molecule is Cc1cc(C(=O)Nc2cccc(S(=O)(=O)Nc3ccc(Cl)cc3)c2)ccc1[N+](=O)[O-]. The molecule has 8 nitrogen and oxygen atoms in total. The lowest BCUT2D eigenvalue weighted by atomic mass is 10.1. The molecule has 0 unspecified atom stereocenters. The highest BCUT2D eigenvalue weighted by molar-refractivity contribution is 7.92. The minimum Gasteiger partial charge on any atom is -0.322 e. The van der Waals surface area contributed by atoms with Gasteiger partial charge in [-0.15, -0.1) is 0 Å². The van der Waals surface area contributed by atoms with Crippen LogP contribution in [0, 0.1) is 17.0 Å². The summed E-state index contributed by atoms with van der Waals surface area (Å²) in [5.74, 6) is -0.520. The number of carbonyl (C=O) groups excluding carboxylic acids is 1. The van der Waals surface area contributed by atoms with Crippen LogP contribution in [0.4, 0.5) is 17.1 Å². The van der Waals surface area contributed by atoms with Crippen molar-refractivity contribution in [2.45, 2.75) is 11.8 Å². The number of aryl methyl sites for hydroxylation is 1. The Hall–Kier alpha value is -3.43. The Morgan fingerprint density at radius 2 is 1.70 bits per heavy atom. The average molecular weight is 446 g/mol. The Morgan fingerprint density at radius 3 is 2.33 bits per heavy atom. The number of halogens is 1. The van der Waals surface area contributed by atoms with E-state index in [4.69, 9.17) is 11.6 Å². The van der Waals surface area contributed by atoms with Gasteiger partial charge in [0.25, 0.3) is 21.6 Å². The Labute approximate surface area is 177 Å². The standard InChI is InChI=1S/C20H16ClN3O5S/c1-13-11-14(5-10-19(13)24(26)27)20(25)22-17-3-2-4-18(12-17)30(28,29)23-16-8-6-15(21)7-9-16/h2-12,23H,1H3,(H,22,25). The van der Waals surface area contributed by atoms with Gasteiger partial charge in [-0.1, -0.05) is 17.7 Å². The molecule has 0 saturated heterocycles. The van der Waals surface area contributed by atoms with Crippen molar-refractivity contribution >= 4 is 44.6 Å². The molecule has 30 heavy (non-hydrogen) atoms. The maximum Gasteiger partial charge on any atom is 0.272 e. The van der Waals surface area contributed by atoms with Gasteiger partial charge >= 0.3 is 0 Å². The maximum absolute atomic E-state index is 12.6. The topological polar surface area (TPSA) is 118 Å². The first-order chi connectivity index (χ1) is 14.2. The van der Waals surface area contributed by atoms with E-state index >= 15 is 0 Å². The number of nitro groups is 1. The molecule has 0 saturated carbocycles. The van der Waals surface area contributed by atoms with Gasteiger partial charge in [-0.3, -0.25) is 19.6 Å². The summed E-state index contributed by atoms with van der Waals surface area (Å²) in [4.78, 5) is 22.8. The van der Waals surface area contributed by atoms with Gasteiger partial charge in [0, 0.05) is 33.6 Å². The molecule has 3 rings (SSSR count). The van der Waals surface area contributed by atoms with E-state index in [1.165, 1.54) is 61.5 Å². The first-order valence-corrected chi connectivity index (χ1v) is 10.5. The smallest absolute Gasteiger partial charge is 0.272 e.